The Morgan fingerprint density at radius 3 is 1.30 bits per heavy atom. The van der Waals surface area contributed by atoms with Crippen molar-refractivity contribution in [2.24, 2.45) is 0 Å². The van der Waals surface area contributed by atoms with E-state index in [-0.39, 0.29) is 31.0 Å². The van der Waals surface area contributed by atoms with Crippen LogP contribution < -0.4 is 29.6 Å². The van der Waals surface area contributed by atoms with Crippen molar-refractivity contribution in [3.8, 4) is 0 Å². The summed E-state index contributed by atoms with van der Waals surface area (Å²) in [5.74, 6) is 0. The molecule has 0 atom stereocenters. The van der Waals surface area contributed by atoms with Crippen LogP contribution in [-0.2, 0) is 0 Å². The molecule has 0 saturated carbocycles. The smallest absolute Gasteiger partial charge is 1.00 e. The van der Waals surface area contributed by atoms with Crippen LogP contribution in [0.4, 0.5) is 0 Å². The zero-order valence-corrected chi connectivity index (χ0v) is 9.71. The largest absolute Gasteiger partial charge is 1.00 e. The molecule has 1 rings (SSSR count). The molecule has 0 heterocycles. The fraction of sp³-hybridized carbons (Fsp3) is 0.556. The minimum atomic E-state index is 0. The normalized spacial score (nSPS) is 18.0. The van der Waals surface area contributed by atoms with Crippen LogP contribution in [0.15, 0.2) is 22.3 Å². The number of rotatable bonds is 0. The minimum Gasteiger partial charge on any atom is -1.00 e. The van der Waals surface area contributed by atoms with Crippen molar-refractivity contribution in [1.82, 2.24) is 0 Å². The second-order valence-corrected chi connectivity index (χ2v) is 2.99. The van der Waals surface area contributed by atoms with Crippen LogP contribution in [-0.4, -0.2) is 0 Å². The maximum Gasteiger partial charge on any atom is 1.00 e. The molecule has 0 radical (unpaired) electrons. The molecule has 1 aliphatic carbocycles. The maximum atomic E-state index is 2.22. The van der Waals surface area contributed by atoms with Crippen LogP contribution >= 0.6 is 0 Å². The summed E-state index contributed by atoms with van der Waals surface area (Å²) in [7, 11) is 0. The molecule has 0 aromatic rings. The summed E-state index contributed by atoms with van der Waals surface area (Å²) in [5.41, 5.74) is 6.11. The average molecular weight is 146 g/mol. The van der Waals surface area contributed by atoms with E-state index < -0.39 is 0 Å². The van der Waals surface area contributed by atoms with Gasteiger partial charge < -0.3 is 1.43 Å². The molecule has 1 aliphatic rings. The molecule has 0 spiro atoms. The Morgan fingerprint density at radius 1 is 0.900 bits per heavy atom. The van der Waals surface area contributed by atoms with Gasteiger partial charge in [0.15, 0.2) is 0 Å². The predicted molar refractivity (Wildman–Crippen MR) is 42.5 cm³/mol. The second-order valence-electron chi connectivity index (χ2n) is 2.99. The van der Waals surface area contributed by atoms with Gasteiger partial charge in [-0.3, -0.25) is 0 Å². The molecule has 0 amide bonds. The third-order valence-electron chi connectivity index (χ3n) is 2.37. The summed E-state index contributed by atoms with van der Waals surface area (Å²) in [6.45, 7) is 8.85. The molecular formula is C9H15Na. The van der Waals surface area contributed by atoms with Crippen LogP contribution in [0.3, 0.4) is 0 Å². The Hall–Kier alpha value is 0.480. The number of hydrogen-bond donors (Lipinski definition) is 0. The van der Waals surface area contributed by atoms with Crippen LogP contribution in [0.25, 0.3) is 0 Å². The van der Waals surface area contributed by atoms with Gasteiger partial charge in [0.25, 0.3) is 0 Å². The molecule has 0 nitrogen and oxygen atoms in total. The van der Waals surface area contributed by atoms with E-state index in [2.05, 4.69) is 27.7 Å². The Balaban J connectivity index is 0. The van der Waals surface area contributed by atoms with Crippen molar-refractivity contribution in [2.45, 2.75) is 34.1 Å². The topological polar surface area (TPSA) is 0 Å². The summed E-state index contributed by atoms with van der Waals surface area (Å²) in [4.78, 5) is 0. The number of allylic oxidation sites excluding steroid dienone is 4. The maximum absolute atomic E-state index is 2.22. The zero-order chi connectivity index (χ0) is 7.02. The van der Waals surface area contributed by atoms with Crippen LogP contribution in [0.1, 0.15) is 35.5 Å². The van der Waals surface area contributed by atoms with Crippen molar-refractivity contribution in [1.29, 1.82) is 0 Å². The summed E-state index contributed by atoms with van der Waals surface area (Å²) in [6.07, 6.45) is 1.21. The van der Waals surface area contributed by atoms with Gasteiger partial charge in [-0.05, 0) is 45.3 Å². The van der Waals surface area contributed by atoms with Crippen molar-refractivity contribution in [3.63, 3.8) is 0 Å². The van der Waals surface area contributed by atoms with Crippen molar-refractivity contribution < 1.29 is 31.0 Å². The average Bonchev–Trinajstić information content (AvgIpc) is 1.98. The molecule has 0 unspecified atom stereocenters. The minimum absolute atomic E-state index is 0. The van der Waals surface area contributed by atoms with Crippen LogP contribution in [0, 0.1) is 0 Å². The fourth-order valence-electron chi connectivity index (χ4n) is 1.30. The summed E-state index contributed by atoms with van der Waals surface area (Å²) < 4.78 is 0. The molecule has 0 bridgehead atoms. The SMILES string of the molecule is CC1=C(C)C(C)=C(C)C1.[H-].[Na+]. The second kappa shape index (κ2) is 3.75. The van der Waals surface area contributed by atoms with E-state index in [1.54, 1.807) is 11.1 Å². The van der Waals surface area contributed by atoms with Crippen molar-refractivity contribution >= 4 is 0 Å². The molecule has 52 valence electrons. The molecule has 0 aromatic carbocycles. The third-order valence-corrected chi connectivity index (χ3v) is 2.37. The van der Waals surface area contributed by atoms with Gasteiger partial charge in [-0.2, -0.15) is 0 Å². The van der Waals surface area contributed by atoms with Gasteiger partial charge in [-0.25, -0.2) is 0 Å². The van der Waals surface area contributed by atoms with Gasteiger partial charge in [0.2, 0.25) is 0 Å². The first-order valence-corrected chi connectivity index (χ1v) is 3.46. The van der Waals surface area contributed by atoms with Gasteiger partial charge in [0.05, 0.1) is 0 Å². The Kier molecular flexibility index (Phi) is 3.93. The molecule has 0 N–H and O–H groups in total. The van der Waals surface area contributed by atoms with Gasteiger partial charge in [-0.15, -0.1) is 0 Å². The zero-order valence-electron chi connectivity index (χ0n) is 8.71. The molecule has 10 heavy (non-hydrogen) atoms. The molecule has 1 heteroatoms. The van der Waals surface area contributed by atoms with Gasteiger partial charge >= 0.3 is 29.6 Å². The molecule has 0 aliphatic heterocycles. The van der Waals surface area contributed by atoms with E-state index in [4.69, 9.17) is 0 Å². The molecule has 0 fully saturated rings. The number of hydrogen-bond acceptors (Lipinski definition) is 0. The first-order chi connectivity index (χ1) is 4.13. The van der Waals surface area contributed by atoms with E-state index in [9.17, 15) is 0 Å². The van der Waals surface area contributed by atoms with Crippen LogP contribution in [0.5, 0.6) is 0 Å². The molecule has 0 aromatic heterocycles. The first kappa shape index (κ1) is 10.5. The third kappa shape index (κ3) is 1.75. The van der Waals surface area contributed by atoms with Gasteiger partial charge in [0.1, 0.15) is 0 Å². The van der Waals surface area contributed by atoms with Crippen molar-refractivity contribution in [2.75, 3.05) is 0 Å². The van der Waals surface area contributed by atoms with Crippen molar-refractivity contribution in [3.05, 3.63) is 22.3 Å². The van der Waals surface area contributed by atoms with Gasteiger partial charge in [0, 0.05) is 0 Å². The predicted octanol–water partition coefficient (Wildman–Crippen LogP) is 0.179. The Bertz CT molecular complexity index is 180. The first-order valence-electron chi connectivity index (χ1n) is 3.46. The Morgan fingerprint density at radius 2 is 1.20 bits per heavy atom. The van der Waals surface area contributed by atoms with E-state index in [1.165, 1.54) is 17.6 Å². The van der Waals surface area contributed by atoms with E-state index in [1.807, 2.05) is 0 Å². The fourth-order valence-corrected chi connectivity index (χ4v) is 1.30. The monoisotopic (exact) mass is 146 g/mol. The summed E-state index contributed by atoms with van der Waals surface area (Å²) in [6, 6.07) is 0. The van der Waals surface area contributed by atoms with E-state index in [0.717, 1.165) is 0 Å². The molecular weight excluding hydrogens is 131 g/mol. The molecule has 0 saturated heterocycles. The Labute approximate surface area is 87.2 Å². The van der Waals surface area contributed by atoms with Crippen LogP contribution in [0.2, 0.25) is 0 Å². The summed E-state index contributed by atoms with van der Waals surface area (Å²) >= 11 is 0. The van der Waals surface area contributed by atoms with Gasteiger partial charge in [-0.1, -0.05) is 11.1 Å². The van der Waals surface area contributed by atoms with E-state index >= 15 is 0 Å². The summed E-state index contributed by atoms with van der Waals surface area (Å²) in [5, 5.41) is 0. The van der Waals surface area contributed by atoms with E-state index in [0.29, 0.717) is 0 Å². The standard InChI is InChI=1S/C9H14.Na.H/c1-6-5-7(2)9(4)8(6)3;;/h5H2,1-4H3;;/q;+1;-1. The quantitative estimate of drug-likeness (QED) is 0.428.